The van der Waals surface area contributed by atoms with E-state index in [2.05, 4.69) is 5.32 Å². The van der Waals surface area contributed by atoms with Crippen LogP contribution in [0.15, 0.2) is 0 Å². The van der Waals surface area contributed by atoms with Crippen LogP contribution in [0.1, 0.15) is 12.8 Å². The molecule has 0 spiro atoms. The van der Waals surface area contributed by atoms with Crippen LogP contribution in [0.5, 0.6) is 0 Å². The minimum atomic E-state index is -0.805. The third-order valence-electron chi connectivity index (χ3n) is 1.73. The highest BCUT2D eigenvalue weighted by Crippen LogP contribution is 2.14. The lowest BCUT2D eigenvalue weighted by Crippen LogP contribution is -2.40. The average Bonchev–Trinajstić information content (AvgIpc) is 1.88. The van der Waals surface area contributed by atoms with Crippen LogP contribution < -0.4 is 5.32 Å². The van der Waals surface area contributed by atoms with E-state index < -0.39 is 12.2 Å². The van der Waals surface area contributed by atoms with E-state index in [0.717, 1.165) is 0 Å². The Morgan fingerprint density at radius 2 is 2.30 bits per heavy atom. The molecule has 0 bridgehead atoms. The molecule has 0 aromatic rings. The number of aliphatic hydroxyl groups excluding tert-OH is 1. The molecule has 58 valence electrons. The Kier molecular flexibility index (Phi) is 2.24. The summed E-state index contributed by atoms with van der Waals surface area (Å²) < 4.78 is 0. The molecule has 10 heavy (non-hydrogen) atoms. The molecule has 1 fully saturated rings. The molecule has 1 heterocycles. The van der Waals surface area contributed by atoms with E-state index in [1.54, 1.807) is 0 Å². The number of hydrogen-bond donors (Lipinski definition) is 3. The minimum Gasteiger partial charge on any atom is -0.481 e. The van der Waals surface area contributed by atoms with Crippen molar-refractivity contribution in [3.05, 3.63) is 0 Å². The van der Waals surface area contributed by atoms with Crippen LogP contribution in [0.25, 0.3) is 0 Å². The molecule has 0 radical (unpaired) electrons. The van der Waals surface area contributed by atoms with Gasteiger partial charge in [0.25, 0.3) is 0 Å². The number of aliphatic carboxylic acids is 1. The first-order valence-electron chi connectivity index (χ1n) is 3.34. The lowest BCUT2D eigenvalue weighted by molar-refractivity contribution is -0.144. The van der Waals surface area contributed by atoms with Crippen LogP contribution in [0.4, 0.5) is 0 Å². The van der Waals surface area contributed by atoms with Crippen LogP contribution in [-0.4, -0.2) is 29.0 Å². The van der Waals surface area contributed by atoms with E-state index in [9.17, 15) is 4.79 Å². The number of aliphatic hydroxyl groups is 1. The van der Waals surface area contributed by atoms with Gasteiger partial charge in [0.05, 0.1) is 5.92 Å². The smallest absolute Gasteiger partial charge is 0.306 e. The molecule has 2 atom stereocenters. The van der Waals surface area contributed by atoms with Gasteiger partial charge < -0.3 is 10.2 Å². The van der Waals surface area contributed by atoms with Gasteiger partial charge in [-0.15, -0.1) is 0 Å². The quantitative estimate of drug-likeness (QED) is 0.460. The van der Waals surface area contributed by atoms with Crippen molar-refractivity contribution in [2.45, 2.75) is 19.1 Å². The Hall–Kier alpha value is -0.610. The summed E-state index contributed by atoms with van der Waals surface area (Å²) in [5.74, 6) is -1.17. The Balaban J connectivity index is 2.39. The number of nitrogens with one attached hydrogen (secondary N) is 1. The molecule has 0 aromatic carbocycles. The molecule has 1 aliphatic heterocycles. The van der Waals surface area contributed by atoms with E-state index in [1.807, 2.05) is 0 Å². The first-order valence-corrected chi connectivity index (χ1v) is 3.34. The van der Waals surface area contributed by atoms with Crippen molar-refractivity contribution >= 4 is 5.97 Å². The second-order valence-electron chi connectivity index (χ2n) is 2.53. The molecule has 0 aliphatic carbocycles. The van der Waals surface area contributed by atoms with Crippen molar-refractivity contribution in [2.75, 3.05) is 6.54 Å². The molecule has 0 amide bonds. The summed E-state index contributed by atoms with van der Waals surface area (Å²) in [5, 5.41) is 20.2. The molecule has 4 heteroatoms. The molecule has 3 N–H and O–H groups in total. The number of piperidine rings is 1. The van der Waals surface area contributed by atoms with Crippen LogP contribution in [-0.2, 0) is 4.79 Å². The van der Waals surface area contributed by atoms with Crippen LogP contribution in [0, 0.1) is 5.92 Å². The number of carboxylic acid groups (broad SMARTS) is 1. The van der Waals surface area contributed by atoms with Crippen LogP contribution >= 0.6 is 0 Å². The second kappa shape index (κ2) is 2.98. The SMILES string of the molecule is O=C(O)C1CCNC(O)C1. The molecular weight excluding hydrogens is 134 g/mol. The highest BCUT2D eigenvalue weighted by atomic mass is 16.4. The van der Waals surface area contributed by atoms with E-state index in [4.69, 9.17) is 10.2 Å². The Morgan fingerprint density at radius 1 is 1.60 bits per heavy atom. The third-order valence-corrected chi connectivity index (χ3v) is 1.73. The first-order chi connectivity index (χ1) is 4.70. The van der Waals surface area contributed by atoms with Gasteiger partial charge in [0.2, 0.25) is 0 Å². The van der Waals surface area contributed by atoms with Crippen molar-refractivity contribution in [3.63, 3.8) is 0 Å². The van der Waals surface area contributed by atoms with Gasteiger partial charge in [-0.25, -0.2) is 0 Å². The Labute approximate surface area is 58.9 Å². The summed E-state index contributed by atoms with van der Waals surface area (Å²) in [5.41, 5.74) is 0. The molecule has 0 saturated carbocycles. The third kappa shape index (κ3) is 1.68. The van der Waals surface area contributed by atoms with E-state index in [0.29, 0.717) is 19.4 Å². The number of rotatable bonds is 1. The van der Waals surface area contributed by atoms with Crippen molar-refractivity contribution in [2.24, 2.45) is 5.92 Å². The fraction of sp³-hybridized carbons (Fsp3) is 0.833. The maximum absolute atomic E-state index is 10.4. The van der Waals surface area contributed by atoms with Crippen LogP contribution in [0.2, 0.25) is 0 Å². The summed E-state index contributed by atoms with van der Waals surface area (Å²) in [6, 6.07) is 0. The lowest BCUT2D eigenvalue weighted by atomic mass is 9.97. The summed E-state index contributed by atoms with van der Waals surface area (Å²) >= 11 is 0. The average molecular weight is 145 g/mol. The van der Waals surface area contributed by atoms with E-state index in [1.165, 1.54) is 0 Å². The Morgan fingerprint density at radius 3 is 2.70 bits per heavy atom. The van der Waals surface area contributed by atoms with Gasteiger partial charge in [-0.1, -0.05) is 0 Å². The van der Waals surface area contributed by atoms with Gasteiger partial charge in [-0.3, -0.25) is 10.1 Å². The highest BCUT2D eigenvalue weighted by Gasteiger charge is 2.24. The van der Waals surface area contributed by atoms with E-state index in [-0.39, 0.29) is 5.92 Å². The van der Waals surface area contributed by atoms with Crippen molar-refractivity contribution in [1.82, 2.24) is 5.32 Å². The molecule has 1 saturated heterocycles. The molecular formula is C6H11NO3. The fourth-order valence-corrected chi connectivity index (χ4v) is 1.12. The van der Waals surface area contributed by atoms with Gasteiger partial charge >= 0.3 is 5.97 Å². The molecule has 0 aromatic heterocycles. The molecule has 1 aliphatic rings. The van der Waals surface area contributed by atoms with Crippen LogP contribution in [0.3, 0.4) is 0 Å². The number of carboxylic acids is 1. The molecule has 4 nitrogen and oxygen atoms in total. The van der Waals surface area contributed by atoms with Gasteiger partial charge in [0.1, 0.15) is 6.23 Å². The predicted molar refractivity (Wildman–Crippen MR) is 34.4 cm³/mol. The maximum Gasteiger partial charge on any atom is 0.306 e. The molecule has 1 rings (SSSR count). The topological polar surface area (TPSA) is 69.6 Å². The predicted octanol–water partition coefficient (Wildman–Crippen LogP) is -0.611. The van der Waals surface area contributed by atoms with Gasteiger partial charge in [0.15, 0.2) is 0 Å². The zero-order valence-corrected chi connectivity index (χ0v) is 5.58. The minimum absolute atomic E-state index is 0.329. The van der Waals surface area contributed by atoms with Gasteiger partial charge in [-0.2, -0.15) is 0 Å². The standard InChI is InChI=1S/C6H11NO3/c8-5-3-4(6(9)10)1-2-7-5/h4-5,7-8H,1-3H2,(H,9,10). The van der Waals surface area contributed by atoms with Crippen molar-refractivity contribution in [1.29, 1.82) is 0 Å². The fourth-order valence-electron chi connectivity index (χ4n) is 1.12. The Bertz CT molecular complexity index is 137. The number of hydrogen-bond acceptors (Lipinski definition) is 3. The largest absolute Gasteiger partial charge is 0.481 e. The lowest BCUT2D eigenvalue weighted by Gasteiger charge is -2.23. The summed E-state index contributed by atoms with van der Waals surface area (Å²) in [6.07, 6.45) is 0.316. The zero-order chi connectivity index (χ0) is 7.56. The summed E-state index contributed by atoms with van der Waals surface area (Å²) in [4.78, 5) is 10.4. The highest BCUT2D eigenvalue weighted by molar-refractivity contribution is 5.70. The van der Waals surface area contributed by atoms with Crippen molar-refractivity contribution in [3.8, 4) is 0 Å². The number of carbonyl (C=O) groups is 1. The normalized spacial score (nSPS) is 33.7. The van der Waals surface area contributed by atoms with Gasteiger partial charge in [0, 0.05) is 0 Å². The zero-order valence-electron chi connectivity index (χ0n) is 5.58. The van der Waals surface area contributed by atoms with E-state index >= 15 is 0 Å². The van der Waals surface area contributed by atoms with Crippen molar-refractivity contribution < 1.29 is 15.0 Å². The summed E-state index contributed by atoms with van der Waals surface area (Å²) in [7, 11) is 0. The first kappa shape index (κ1) is 7.50. The van der Waals surface area contributed by atoms with Gasteiger partial charge in [-0.05, 0) is 19.4 Å². The second-order valence-corrected chi connectivity index (χ2v) is 2.53. The molecule has 2 unspecified atom stereocenters. The monoisotopic (exact) mass is 145 g/mol. The summed E-state index contributed by atoms with van der Waals surface area (Å²) in [6.45, 7) is 0.595. The maximum atomic E-state index is 10.4.